The molecule has 0 bridgehead atoms. The molecule has 6 heteroatoms. The predicted octanol–water partition coefficient (Wildman–Crippen LogP) is 1.14. The Labute approximate surface area is 115 Å². The van der Waals surface area contributed by atoms with Gasteiger partial charge in [-0.3, -0.25) is 4.79 Å². The van der Waals surface area contributed by atoms with Gasteiger partial charge in [0.1, 0.15) is 17.1 Å². The summed E-state index contributed by atoms with van der Waals surface area (Å²) in [6, 6.07) is 7.78. The number of nitrogen functional groups attached to an aromatic ring is 1. The van der Waals surface area contributed by atoms with E-state index in [2.05, 4.69) is 9.97 Å². The van der Waals surface area contributed by atoms with E-state index in [4.69, 9.17) is 16.2 Å². The van der Waals surface area contributed by atoms with E-state index in [1.54, 1.807) is 6.92 Å². The Morgan fingerprint density at radius 1 is 1.35 bits per heavy atom. The van der Waals surface area contributed by atoms with E-state index < -0.39 is 5.91 Å². The summed E-state index contributed by atoms with van der Waals surface area (Å²) in [7, 11) is 0. The molecule has 3 rings (SSSR count). The first kappa shape index (κ1) is 12.4. The minimum Gasteiger partial charge on any atom is -0.482 e. The van der Waals surface area contributed by atoms with E-state index in [0.717, 1.165) is 11.3 Å². The Morgan fingerprint density at radius 2 is 2.10 bits per heavy atom. The summed E-state index contributed by atoms with van der Waals surface area (Å²) in [5.41, 5.74) is 12.8. The van der Waals surface area contributed by atoms with Crippen molar-refractivity contribution in [2.75, 3.05) is 5.73 Å². The smallest absolute Gasteiger partial charge is 0.254 e. The molecule has 2 heterocycles. The second-order valence-corrected chi connectivity index (χ2v) is 4.71. The average molecular weight is 270 g/mol. The molecule has 1 atom stereocenters. The normalized spacial score (nSPS) is 16.6. The van der Waals surface area contributed by atoms with Crippen molar-refractivity contribution in [3.8, 4) is 5.75 Å². The van der Waals surface area contributed by atoms with Crippen molar-refractivity contribution in [3.05, 3.63) is 46.9 Å². The minimum atomic E-state index is -0.623. The third kappa shape index (κ3) is 1.95. The average Bonchev–Trinajstić information content (AvgIpc) is 2.81. The zero-order valence-corrected chi connectivity index (χ0v) is 11.0. The molecule has 1 amide bonds. The summed E-state index contributed by atoms with van der Waals surface area (Å²) in [6.45, 7) is 1.68. The van der Waals surface area contributed by atoms with Crippen LogP contribution in [0.5, 0.6) is 5.75 Å². The SMILES string of the molecule is Cc1nc(C2Cc3ccccc3O2)nc(N)c1C(N)=O. The molecule has 0 saturated carbocycles. The highest BCUT2D eigenvalue weighted by molar-refractivity contribution is 5.98. The zero-order chi connectivity index (χ0) is 14.3. The lowest BCUT2D eigenvalue weighted by molar-refractivity contribution is 0.0999. The summed E-state index contributed by atoms with van der Waals surface area (Å²) in [5, 5.41) is 0. The van der Waals surface area contributed by atoms with E-state index >= 15 is 0 Å². The van der Waals surface area contributed by atoms with Crippen LogP contribution in [-0.4, -0.2) is 15.9 Å². The quantitative estimate of drug-likeness (QED) is 0.851. The van der Waals surface area contributed by atoms with Crippen LogP contribution in [0.3, 0.4) is 0 Å². The van der Waals surface area contributed by atoms with Gasteiger partial charge in [0.05, 0.1) is 5.69 Å². The summed E-state index contributed by atoms with van der Waals surface area (Å²) < 4.78 is 5.81. The largest absolute Gasteiger partial charge is 0.482 e. The second-order valence-electron chi connectivity index (χ2n) is 4.71. The number of aromatic nitrogens is 2. The highest BCUT2D eigenvalue weighted by Crippen LogP contribution is 2.35. The minimum absolute atomic E-state index is 0.0968. The number of fused-ring (bicyclic) bond motifs is 1. The molecule has 6 nitrogen and oxygen atoms in total. The lowest BCUT2D eigenvalue weighted by atomic mass is 10.1. The first-order valence-corrected chi connectivity index (χ1v) is 6.24. The molecule has 20 heavy (non-hydrogen) atoms. The number of primary amides is 1. The lowest BCUT2D eigenvalue weighted by Crippen LogP contribution is -2.20. The summed E-state index contributed by atoms with van der Waals surface area (Å²) >= 11 is 0. The molecule has 1 unspecified atom stereocenters. The van der Waals surface area contributed by atoms with Gasteiger partial charge >= 0.3 is 0 Å². The van der Waals surface area contributed by atoms with Crippen LogP contribution in [0.4, 0.5) is 5.82 Å². The number of amides is 1. The number of nitrogens with zero attached hydrogens (tertiary/aromatic N) is 2. The fourth-order valence-electron chi connectivity index (χ4n) is 2.39. The van der Waals surface area contributed by atoms with Crippen molar-refractivity contribution < 1.29 is 9.53 Å². The van der Waals surface area contributed by atoms with Gasteiger partial charge in [-0.1, -0.05) is 18.2 Å². The van der Waals surface area contributed by atoms with Gasteiger partial charge in [-0.05, 0) is 18.6 Å². The Bertz CT molecular complexity index is 651. The molecular weight excluding hydrogens is 256 g/mol. The van der Waals surface area contributed by atoms with Crippen LogP contribution < -0.4 is 16.2 Å². The van der Waals surface area contributed by atoms with Gasteiger partial charge in [0, 0.05) is 6.42 Å². The van der Waals surface area contributed by atoms with Crippen molar-refractivity contribution >= 4 is 11.7 Å². The van der Waals surface area contributed by atoms with Gasteiger partial charge in [-0.2, -0.15) is 0 Å². The Balaban J connectivity index is 1.96. The summed E-state index contributed by atoms with van der Waals surface area (Å²) in [5.74, 6) is 0.777. The van der Waals surface area contributed by atoms with E-state index in [9.17, 15) is 4.79 Å². The fraction of sp³-hybridized carbons (Fsp3) is 0.214. The molecule has 0 radical (unpaired) electrons. The van der Waals surface area contributed by atoms with Crippen LogP contribution in [0.2, 0.25) is 0 Å². The van der Waals surface area contributed by atoms with Gasteiger partial charge < -0.3 is 16.2 Å². The van der Waals surface area contributed by atoms with Crippen LogP contribution in [0.25, 0.3) is 0 Å². The number of hydrogen-bond acceptors (Lipinski definition) is 5. The molecule has 102 valence electrons. The molecule has 1 aromatic heterocycles. The number of rotatable bonds is 2. The maximum Gasteiger partial charge on any atom is 0.254 e. The van der Waals surface area contributed by atoms with Gasteiger partial charge in [0.15, 0.2) is 11.9 Å². The van der Waals surface area contributed by atoms with Crippen molar-refractivity contribution in [2.45, 2.75) is 19.4 Å². The fourth-order valence-corrected chi connectivity index (χ4v) is 2.39. The van der Waals surface area contributed by atoms with Crippen LogP contribution in [0, 0.1) is 6.92 Å². The zero-order valence-electron chi connectivity index (χ0n) is 11.0. The maximum atomic E-state index is 11.3. The molecule has 2 aromatic rings. The van der Waals surface area contributed by atoms with Gasteiger partial charge in [0.2, 0.25) is 0 Å². The van der Waals surface area contributed by atoms with Crippen LogP contribution in [0.15, 0.2) is 24.3 Å². The highest BCUT2D eigenvalue weighted by Gasteiger charge is 2.27. The second kappa shape index (κ2) is 4.48. The first-order valence-electron chi connectivity index (χ1n) is 6.24. The van der Waals surface area contributed by atoms with Gasteiger partial charge in [0.25, 0.3) is 5.91 Å². The number of aryl methyl sites for hydroxylation is 1. The van der Waals surface area contributed by atoms with Gasteiger partial charge in [-0.15, -0.1) is 0 Å². The van der Waals surface area contributed by atoms with Crippen molar-refractivity contribution in [3.63, 3.8) is 0 Å². The van der Waals surface area contributed by atoms with Crippen molar-refractivity contribution in [1.29, 1.82) is 0 Å². The Morgan fingerprint density at radius 3 is 2.75 bits per heavy atom. The molecular formula is C14H14N4O2. The number of ether oxygens (including phenoxy) is 1. The molecule has 4 N–H and O–H groups in total. The number of para-hydroxylation sites is 1. The van der Waals surface area contributed by atoms with Crippen LogP contribution in [0.1, 0.15) is 33.5 Å². The van der Waals surface area contributed by atoms with E-state index in [-0.39, 0.29) is 17.5 Å². The van der Waals surface area contributed by atoms with Crippen molar-refractivity contribution in [1.82, 2.24) is 9.97 Å². The summed E-state index contributed by atoms with van der Waals surface area (Å²) in [6.07, 6.45) is 0.403. The van der Waals surface area contributed by atoms with E-state index in [1.165, 1.54) is 0 Å². The van der Waals surface area contributed by atoms with Crippen molar-refractivity contribution in [2.24, 2.45) is 5.73 Å². The molecule has 1 aromatic carbocycles. The van der Waals surface area contributed by atoms with Crippen LogP contribution in [-0.2, 0) is 6.42 Å². The number of benzene rings is 1. The Hall–Kier alpha value is -2.63. The number of carbonyl (C=O) groups is 1. The first-order chi connectivity index (χ1) is 9.56. The number of anilines is 1. The number of nitrogens with two attached hydrogens (primary N) is 2. The number of carbonyl (C=O) groups excluding carboxylic acids is 1. The molecule has 0 fully saturated rings. The maximum absolute atomic E-state index is 11.3. The molecule has 1 aliphatic rings. The van der Waals surface area contributed by atoms with Crippen LogP contribution >= 0.6 is 0 Å². The van der Waals surface area contributed by atoms with E-state index in [1.807, 2.05) is 24.3 Å². The lowest BCUT2D eigenvalue weighted by Gasteiger charge is -2.12. The predicted molar refractivity (Wildman–Crippen MR) is 73.2 cm³/mol. The van der Waals surface area contributed by atoms with Gasteiger partial charge in [-0.25, -0.2) is 9.97 Å². The number of hydrogen-bond donors (Lipinski definition) is 2. The molecule has 0 saturated heterocycles. The molecule has 0 spiro atoms. The summed E-state index contributed by atoms with van der Waals surface area (Å²) in [4.78, 5) is 19.7. The molecule has 1 aliphatic heterocycles. The Kier molecular flexibility index (Phi) is 2.78. The molecule has 0 aliphatic carbocycles. The standard InChI is InChI=1S/C14H14N4O2/c1-7-11(13(16)19)12(15)18-14(17-7)10-6-8-4-2-3-5-9(8)20-10/h2-5,10H,6H2,1H3,(H2,16,19)(H2,15,17,18). The monoisotopic (exact) mass is 270 g/mol. The third-order valence-electron chi connectivity index (χ3n) is 3.32. The third-order valence-corrected chi connectivity index (χ3v) is 3.32. The topological polar surface area (TPSA) is 104 Å². The highest BCUT2D eigenvalue weighted by atomic mass is 16.5. The van der Waals surface area contributed by atoms with E-state index in [0.29, 0.717) is 17.9 Å².